The number of alkyl halides is 6. The van der Waals surface area contributed by atoms with E-state index in [0.717, 1.165) is 53.3 Å². The topological polar surface area (TPSA) is 64.0 Å². The van der Waals surface area contributed by atoms with Gasteiger partial charge in [0.05, 0.1) is 27.4 Å². The summed E-state index contributed by atoms with van der Waals surface area (Å²) in [5, 5.41) is 4.15. The first-order valence-corrected chi connectivity index (χ1v) is 11.4. The number of hydrogen-bond donors (Lipinski definition) is 1. The number of benzene rings is 3. The fraction of sp³-hybridized carbons (Fsp3) is 0.0870. The Bertz CT molecular complexity index is 1430. The molecule has 3 aromatic carbocycles. The van der Waals surface area contributed by atoms with Crippen LogP contribution in [0, 0.1) is 0 Å². The number of halogens is 6. The maximum Gasteiger partial charge on any atom is 0.416 e. The van der Waals surface area contributed by atoms with E-state index in [4.69, 9.17) is 0 Å². The Hall–Kier alpha value is -3.80. The maximum atomic E-state index is 13.0. The molecule has 0 aliphatic carbocycles. The van der Waals surface area contributed by atoms with E-state index >= 15 is 0 Å². The smallest absolute Gasteiger partial charge is 0.200 e. The molecule has 35 heavy (non-hydrogen) atoms. The number of hydrogen-bond acceptors (Lipinski definition) is 3. The third-order valence-corrected chi connectivity index (χ3v) is 6.29. The van der Waals surface area contributed by atoms with E-state index in [0.29, 0.717) is 0 Å². The molecule has 0 atom stereocenters. The molecule has 1 N–H and O–H groups in total. The molecular weight excluding hydrogens is 496 g/mol. The van der Waals surface area contributed by atoms with E-state index < -0.39 is 33.5 Å². The summed E-state index contributed by atoms with van der Waals surface area (Å²) in [5.41, 5.74) is -1.17. The van der Waals surface area contributed by atoms with Crippen molar-refractivity contribution in [2.75, 3.05) is 4.83 Å². The first-order valence-electron chi connectivity index (χ1n) is 9.88. The number of nitrogens with one attached hydrogen (secondary N) is 1. The number of rotatable bonds is 5. The number of sulfonamides is 1. The summed E-state index contributed by atoms with van der Waals surface area (Å²) in [6.45, 7) is 0. The van der Waals surface area contributed by atoms with E-state index in [2.05, 4.69) is 9.93 Å². The van der Waals surface area contributed by atoms with Crippen LogP contribution in [0.5, 0.6) is 0 Å². The lowest BCUT2D eigenvalue weighted by Crippen LogP contribution is -2.25. The highest BCUT2D eigenvalue weighted by Crippen LogP contribution is 2.34. The van der Waals surface area contributed by atoms with Gasteiger partial charge in [0, 0.05) is 11.1 Å². The third kappa shape index (κ3) is 5.32. The SMILES string of the molecule is O=S(=O)(Nn1nc(-c2ccc(C(F)(F)F)cc2)cc1-c1ccc(C(F)(F)F)cc1)c1ccccc1. The van der Waals surface area contributed by atoms with Gasteiger partial charge in [-0.1, -0.05) is 42.5 Å². The highest BCUT2D eigenvalue weighted by molar-refractivity contribution is 7.92. The van der Waals surface area contributed by atoms with Crippen LogP contribution in [0.4, 0.5) is 26.3 Å². The molecule has 0 saturated carbocycles. The Kier molecular flexibility index (Phi) is 6.09. The van der Waals surface area contributed by atoms with Crippen molar-refractivity contribution >= 4 is 10.0 Å². The minimum absolute atomic E-state index is 0.0770. The van der Waals surface area contributed by atoms with Gasteiger partial charge in [0.15, 0.2) is 0 Å². The van der Waals surface area contributed by atoms with Gasteiger partial charge in [0.2, 0.25) is 0 Å². The van der Waals surface area contributed by atoms with Crippen LogP contribution >= 0.6 is 0 Å². The Morgan fingerprint density at radius 2 is 1.17 bits per heavy atom. The van der Waals surface area contributed by atoms with Gasteiger partial charge in [-0.05, 0) is 42.5 Å². The molecule has 182 valence electrons. The van der Waals surface area contributed by atoms with Crippen LogP contribution in [-0.4, -0.2) is 18.3 Å². The number of aromatic nitrogens is 2. The van der Waals surface area contributed by atoms with Gasteiger partial charge in [-0.2, -0.15) is 49.5 Å². The molecule has 0 saturated heterocycles. The molecule has 1 heterocycles. The molecular formula is C23H15F6N3O2S. The Morgan fingerprint density at radius 3 is 1.66 bits per heavy atom. The molecule has 12 heteroatoms. The molecule has 0 aliphatic rings. The predicted molar refractivity (Wildman–Crippen MR) is 116 cm³/mol. The molecule has 0 radical (unpaired) electrons. The summed E-state index contributed by atoms with van der Waals surface area (Å²) >= 11 is 0. The zero-order valence-corrected chi connectivity index (χ0v) is 18.3. The highest BCUT2D eigenvalue weighted by Gasteiger charge is 2.31. The lowest BCUT2D eigenvalue weighted by Gasteiger charge is -2.12. The van der Waals surface area contributed by atoms with Crippen molar-refractivity contribution < 1.29 is 34.8 Å². The lowest BCUT2D eigenvalue weighted by atomic mass is 10.1. The van der Waals surface area contributed by atoms with Crippen LogP contribution in [0.2, 0.25) is 0 Å². The second-order valence-electron chi connectivity index (χ2n) is 7.38. The average Bonchev–Trinajstić information content (AvgIpc) is 3.22. The van der Waals surface area contributed by atoms with Crippen molar-refractivity contribution in [2.45, 2.75) is 17.2 Å². The van der Waals surface area contributed by atoms with E-state index in [1.165, 1.54) is 30.3 Å². The normalized spacial score (nSPS) is 12.5. The largest absolute Gasteiger partial charge is 0.416 e. The van der Waals surface area contributed by atoms with Crippen molar-refractivity contribution in [2.24, 2.45) is 0 Å². The second kappa shape index (κ2) is 8.77. The fourth-order valence-electron chi connectivity index (χ4n) is 3.22. The van der Waals surface area contributed by atoms with Crippen molar-refractivity contribution in [3.8, 4) is 22.5 Å². The standard InChI is InChI=1S/C23H15F6N3O2S/c24-22(25,26)17-10-6-15(7-11-17)20-14-21(16-8-12-18(13-9-16)23(27,28)29)32(30-20)31-35(33,34)19-4-2-1-3-5-19/h1-14,31H. The summed E-state index contributed by atoms with van der Waals surface area (Å²) < 4.78 is 103. The Labute approximate surface area is 195 Å². The van der Waals surface area contributed by atoms with Crippen LogP contribution in [0.15, 0.2) is 89.8 Å². The number of nitrogens with zero attached hydrogens (tertiary/aromatic N) is 2. The molecule has 0 fully saturated rings. The maximum absolute atomic E-state index is 13.0. The first kappa shape index (κ1) is 24.3. The Balaban J connectivity index is 1.78. The van der Waals surface area contributed by atoms with Gasteiger partial charge >= 0.3 is 12.4 Å². The highest BCUT2D eigenvalue weighted by atomic mass is 32.2. The van der Waals surface area contributed by atoms with Crippen LogP contribution < -0.4 is 4.83 Å². The minimum atomic E-state index is -4.57. The monoisotopic (exact) mass is 511 g/mol. The van der Waals surface area contributed by atoms with E-state index in [1.54, 1.807) is 6.07 Å². The molecule has 0 aliphatic heterocycles. The van der Waals surface area contributed by atoms with Crippen molar-refractivity contribution in [1.82, 2.24) is 9.89 Å². The molecule has 0 amide bonds. The van der Waals surface area contributed by atoms with E-state index in [1.807, 2.05) is 0 Å². The van der Waals surface area contributed by atoms with Gasteiger partial charge in [-0.25, -0.2) is 0 Å². The molecule has 0 spiro atoms. The second-order valence-corrected chi connectivity index (χ2v) is 9.05. The molecule has 5 nitrogen and oxygen atoms in total. The molecule has 4 aromatic rings. The summed E-state index contributed by atoms with van der Waals surface area (Å²) in [4.78, 5) is 3.01. The summed E-state index contributed by atoms with van der Waals surface area (Å²) in [7, 11) is -4.15. The Morgan fingerprint density at radius 1 is 0.686 bits per heavy atom. The van der Waals surface area contributed by atoms with Gasteiger partial charge in [-0.15, -0.1) is 0 Å². The minimum Gasteiger partial charge on any atom is -0.200 e. The summed E-state index contributed by atoms with van der Waals surface area (Å²) in [6.07, 6.45) is -9.12. The van der Waals surface area contributed by atoms with Crippen LogP contribution in [0.1, 0.15) is 11.1 Å². The summed E-state index contributed by atoms with van der Waals surface area (Å²) in [6, 6.07) is 16.6. The van der Waals surface area contributed by atoms with E-state index in [-0.39, 0.29) is 27.4 Å². The lowest BCUT2D eigenvalue weighted by molar-refractivity contribution is -0.138. The van der Waals surface area contributed by atoms with Crippen molar-refractivity contribution in [3.05, 3.63) is 96.1 Å². The van der Waals surface area contributed by atoms with E-state index in [9.17, 15) is 34.8 Å². The quantitative estimate of drug-likeness (QED) is 0.325. The van der Waals surface area contributed by atoms with Crippen LogP contribution in [0.25, 0.3) is 22.5 Å². The molecule has 1 aromatic heterocycles. The van der Waals surface area contributed by atoms with Crippen LogP contribution in [-0.2, 0) is 22.4 Å². The van der Waals surface area contributed by atoms with Gasteiger partial charge in [0.1, 0.15) is 0 Å². The zero-order chi connectivity index (χ0) is 25.4. The van der Waals surface area contributed by atoms with Crippen molar-refractivity contribution in [3.63, 3.8) is 0 Å². The van der Waals surface area contributed by atoms with Crippen molar-refractivity contribution in [1.29, 1.82) is 0 Å². The summed E-state index contributed by atoms with van der Waals surface area (Å²) in [5.74, 6) is 0. The zero-order valence-electron chi connectivity index (χ0n) is 17.5. The first-order chi connectivity index (χ1) is 16.3. The van der Waals surface area contributed by atoms with Gasteiger partial charge in [-0.3, -0.25) is 0 Å². The molecule has 4 rings (SSSR count). The third-order valence-electron chi connectivity index (χ3n) is 4.99. The predicted octanol–water partition coefficient (Wildman–Crippen LogP) is 6.19. The average molecular weight is 511 g/mol. The molecule has 0 unspecified atom stereocenters. The van der Waals surface area contributed by atoms with Gasteiger partial charge < -0.3 is 0 Å². The van der Waals surface area contributed by atoms with Crippen LogP contribution in [0.3, 0.4) is 0 Å². The molecule has 0 bridgehead atoms. The fourth-order valence-corrected chi connectivity index (χ4v) is 4.21. The van der Waals surface area contributed by atoms with Gasteiger partial charge in [0.25, 0.3) is 10.0 Å².